The largest absolute Gasteiger partial charge is 0.381 e. The third-order valence-corrected chi connectivity index (χ3v) is 4.78. The van der Waals surface area contributed by atoms with Gasteiger partial charge in [0, 0.05) is 31.9 Å². The van der Waals surface area contributed by atoms with Crippen molar-refractivity contribution in [3.05, 3.63) is 75.6 Å². The summed E-state index contributed by atoms with van der Waals surface area (Å²) in [4.78, 5) is 23.2. The average molecular weight is 358 g/mol. The van der Waals surface area contributed by atoms with Crippen LogP contribution in [0.3, 0.4) is 0 Å². The summed E-state index contributed by atoms with van der Waals surface area (Å²) in [7, 11) is 0. The minimum atomic E-state index is -0.757. The fraction of sp³-hybridized carbons (Fsp3) is 0.316. The van der Waals surface area contributed by atoms with E-state index >= 15 is 0 Å². The summed E-state index contributed by atoms with van der Waals surface area (Å²) in [5.74, 6) is -0.493. The lowest BCUT2D eigenvalue weighted by Crippen LogP contribution is -2.47. The molecule has 0 radical (unpaired) electrons. The van der Waals surface area contributed by atoms with Crippen LogP contribution < -0.4 is 5.32 Å². The van der Waals surface area contributed by atoms with Gasteiger partial charge in [-0.05, 0) is 36.1 Å². The molecule has 7 heteroatoms. The first-order valence-corrected chi connectivity index (χ1v) is 8.37. The van der Waals surface area contributed by atoms with E-state index in [1.165, 1.54) is 24.3 Å². The second-order valence-electron chi connectivity index (χ2n) is 6.31. The van der Waals surface area contributed by atoms with Gasteiger partial charge >= 0.3 is 0 Å². The van der Waals surface area contributed by atoms with Gasteiger partial charge in [0.15, 0.2) is 0 Å². The Morgan fingerprint density at radius 1 is 1.12 bits per heavy atom. The molecule has 1 heterocycles. The van der Waals surface area contributed by atoms with Gasteiger partial charge < -0.3 is 10.1 Å². The number of amides is 1. The Labute approximate surface area is 150 Å². The Balaban J connectivity index is 1.75. The highest BCUT2D eigenvalue weighted by Crippen LogP contribution is 2.35. The van der Waals surface area contributed by atoms with Crippen molar-refractivity contribution in [3.63, 3.8) is 0 Å². The van der Waals surface area contributed by atoms with E-state index in [2.05, 4.69) is 5.32 Å². The summed E-state index contributed by atoms with van der Waals surface area (Å²) < 4.78 is 18.7. The van der Waals surface area contributed by atoms with E-state index in [1.807, 2.05) is 0 Å². The maximum Gasteiger partial charge on any atom is 0.269 e. The van der Waals surface area contributed by atoms with Gasteiger partial charge in [0.2, 0.25) is 5.91 Å². The molecule has 1 N–H and O–H groups in total. The van der Waals surface area contributed by atoms with E-state index in [0.29, 0.717) is 26.1 Å². The van der Waals surface area contributed by atoms with E-state index in [0.717, 1.165) is 11.1 Å². The van der Waals surface area contributed by atoms with Crippen molar-refractivity contribution in [1.29, 1.82) is 0 Å². The van der Waals surface area contributed by atoms with Crippen molar-refractivity contribution in [2.24, 2.45) is 0 Å². The van der Waals surface area contributed by atoms with E-state index in [1.54, 1.807) is 24.3 Å². The molecule has 0 bridgehead atoms. The Morgan fingerprint density at radius 2 is 1.73 bits per heavy atom. The highest BCUT2D eigenvalue weighted by atomic mass is 19.1. The third kappa shape index (κ3) is 3.72. The number of rotatable bonds is 5. The van der Waals surface area contributed by atoms with E-state index in [4.69, 9.17) is 4.74 Å². The first-order chi connectivity index (χ1) is 12.5. The molecule has 0 atom stereocenters. The van der Waals surface area contributed by atoms with Gasteiger partial charge in [-0.25, -0.2) is 4.39 Å². The molecule has 0 unspecified atom stereocenters. The molecule has 1 fully saturated rings. The van der Waals surface area contributed by atoms with Crippen LogP contribution in [0.4, 0.5) is 10.1 Å². The first kappa shape index (κ1) is 18.0. The Kier molecular flexibility index (Phi) is 5.27. The van der Waals surface area contributed by atoms with Gasteiger partial charge in [-0.1, -0.05) is 24.3 Å². The number of nitro benzene ring substituents is 1. The average Bonchev–Trinajstić information content (AvgIpc) is 2.67. The smallest absolute Gasteiger partial charge is 0.269 e. The van der Waals surface area contributed by atoms with Gasteiger partial charge in [0.05, 0.1) is 10.3 Å². The Morgan fingerprint density at radius 3 is 2.31 bits per heavy atom. The van der Waals surface area contributed by atoms with E-state index in [-0.39, 0.29) is 24.0 Å². The number of non-ortho nitro benzene ring substituents is 1. The van der Waals surface area contributed by atoms with E-state index < -0.39 is 10.3 Å². The second kappa shape index (κ2) is 7.61. The lowest BCUT2D eigenvalue weighted by Gasteiger charge is -2.36. The molecule has 3 rings (SSSR count). The number of carbonyl (C=O) groups excluding carboxylic acids is 1. The minimum Gasteiger partial charge on any atom is -0.381 e. The van der Waals surface area contributed by atoms with Crippen molar-refractivity contribution < 1.29 is 18.8 Å². The Hall–Kier alpha value is -2.80. The SMILES string of the molecule is O=C(NCc1ccc([N+](=O)[O-])cc1)C1(c2ccc(F)cc2)CCOCC1. The fourth-order valence-electron chi connectivity index (χ4n) is 3.22. The molecule has 0 aliphatic carbocycles. The fourth-order valence-corrected chi connectivity index (χ4v) is 3.22. The van der Waals surface area contributed by atoms with Crippen LogP contribution >= 0.6 is 0 Å². The van der Waals surface area contributed by atoms with Gasteiger partial charge in [-0.3, -0.25) is 14.9 Å². The molecule has 6 nitrogen and oxygen atoms in total. The zero-order chi connectivity index (χ0) is 18.6. The van der Waals surface area contributed by atoms with Crippen molar-refractivity contribution in [2.75, 3.05) is 13.2 Å². The molecule has 1 amide bonds. The number of hydrogen-bond donors (Lipinski definition) is 1. The van der Waals surface area contributed by atoms with Gasteiger partial charge in [-0.2, -0.15) is 0 Å². The number of hydrogen-bond acceptors (Lipinski definition) is 4. The standard InChI is InChI=1S/C19H19FN2O4/c20-16-5-3-15(4-6-16)19(9-11-26-12-10-19)18(23)21-13-14-1-7-17(8-2-14)22(24)25/h1-8H,9-13H2,(H,21,23). The van der Waals surface area contributed by atoms with Gasteiger partial charge in [0.25, 0.3) is 5.69 Å². The normalized spacial score (nSPS) is 16.0. The number of nitrogens with one attached hydrogen (secondary N) is 1. The summed E-state index contributed by atoms with van der Waals surface area (Å²) >= 11 is 0. The predicted octanol–water partition coefficient (Wildman–Crippen LogP) is 3.10. The molecule has 0 saturated carbocycles. The van der Waals surface area contributed by atoms with Crippen LogP contribution in [0.5, 0.6) is 0 Å². The second-order valence-corrected chi connectivity index (χ2v) is 6.31. The number of carbonyl (C=O) groups is 1. The van der Waals surface area contributed by atoms with Crippen LogP contribution in [-0.2, 0) is 21.5 Å². The number of benzene rings is 2. The number of nitrogens with zero attached hydrogens (tertiary/aromatic N) is 1. The van der Waals surface area contributed by atoms with Crippen LogP contribution in [0.2, 0.25) is 0 Å². The van der Waals surface area contributed by atoms with Crippen molar-refractivity contribution in [3.8, 4) is 0 Å². The topological polar surface area (TPSA) is 81.5 Å². The lowest BCUT2D eigenvalue weighted by atomic mass is 9.73. The molecule has 1 aliphatic rings. The van der Waals surface area contributed by atoms with Crippen molar-refractivity contribution >= 4 is 11.6 Å². The van der Waals surface area contributed by atoms with Crippen LogP contribution in [-0.4, -0.2) is 24.0 Å². The molecule has 1 saturated heterocycles. The monoisotopic (exact) mass is 358 g/mol. The summed E-state index contributed by atoms with van der Waals surface area (Å²) in [6.45, 7) is 1.19. The molecule has 0 spiro atoms. The molecule has 26 heavy (non-hydrogen) atoms. The van der Waals surface area contributed by atoms with Crippen LogP contribution in [0.15, 0.2) is 48.5 Å². The highest BCUT2D eigenvalue weighted by Gasteiger charge is 2.41. The quantitative estimate of drug-likeness (QED) is 0.658. The number of nitro groups is 1. The molecule has 0 aromatic heterocycles. The highest BCUT2D eigenvalue weighted by molar-refractivity contribution is 5.88. The minimum absolute atomic E-state index is 0.00675. The maximum absolute atomic E-state index is 13.3. The molecule has 136 valence electrons. The summed E-state index contributed by atoms with van der Waals surface area (Å²) in [6.07, 6.45) is 1.04. The number of ether oxygens (including phenoxy) is 1. The van der Waals surface area contributed by atoms with Crippen LogP contribution in [0.1, 0.15) is 24.0 Å². The molecule has 2 aromatic carbocycles. The first-order valence-electron chi connectivity index (χ1n) is 8.37. The Bertz CT molecular complexity index is 784. The van der Waals surface area contributed by atoms with Crippen LogP contribution in [0.25, 0.3) is 0 Å². The summed E-state index contributed by atoms with van der Waals surface area (Å²) in [5, 5.41) is 13.6. The molecule has 1 aliphatic heterocycles. The molecular weight excluding hydrogens is 339 g/mol. The van der Waals surface area contributed by atoms with Gasteiger partial charge in [-0.15, -0.1) is 0 Å². The van der Waals surface area contributed by atoms with Crippen molar-refractivity contribution in [1.82, 2.24) is 5.32 Å². The van der Waals surface area contributed by atoms with Crippen molar-refractivity contribution in [2.45, 2.75) is 24.8 Å². The maximum atomic E-state index is 13.3. The molecular formula is C19H19FN2O4. The summed E-state index contributed by atoms with van der Waals surface area (Å²) in [6, 6.07) is 12.1. The zero-order valence-corrected chi connectivity index (χ0v) is 14.1. The number of halogens is 1. The lowest BCUT2D eigenvalue weighted by molar-refractivity contribution is -0.384. The van der Waals surface area contributed by atoms with E-state index in [9.17, 15) is 19.3 Å². The summed E-state index contributed by atoms with van der Waals surface area (Å²) in [5.41, 5.74) is 0.785. The predicted molar refractivity (Wildman–Crippen MR) is 93.1 cm³/mol. The zero-order valence-electron chi connectivity index (χ0n) is 14.1. The third-order valence-electron chi connectivity index (χ3n) is 4.78. The molecule has 2 aromatic rings. The van der Waals surface area contributed by atoms with Crippen LogP contribution in [0, 0.1) is 15.9 Å². The van der Waals surface area contributed by atoms with Gasteiger partial charge in [0.1, 0.15) is 5.82 Å².